The standard InChI is InChI=1S/C10H8ClNO2S/c1-4-5(2)15-9-7(4)8(11)6(3-12-9)10(13)14/h3H,1-2H3,(H,13,14). The molecule has 0 aliphatic rings. The first-order chi connectivity index (χ1) is 7.02. The summed E-state index contributed by atoms with van der Waals surface area (Å²) in [5.41, 5.74) is 1.07. The van der Waals surface area contributed by atoms with E-state index in [4.69, 9.17) is 16.7 Å². The fourth-order valence-corrected chi connectivity index (χ4v) is 2.85. The Morgan fingerprint density at radius 3 is 2.80 bits per heavy atom. The minimum Gasteiger partial charge on any atom is -0.478 e. The number of carbonyl (C=O) groups is 1. The van der Waals surface area contributed by atoms with E-state index in [0.717, 1.165) is 20.7 Å². The van der Waals surface area contributed by atoms with E-state index < -0.39 is 5.97 Å². The van der Waals surface area contributed by atoms with Crippen molar-refractivity contribution in [2.24, 2.45) is 0 Å². The van der Waals surface area contributed by atoms with Crippen LogP contribution >= 0.6 is 22.9 Å². The van der Waals surface area contributed by atoms with Crippen LogP contribution in [0.15, 0.2) is 6.20 Å². The van der Waals surface area contributed by atoms with Crippen LogP contribution in [0, 0.1) is 13.8 Å². The van der Waals surface area contributed by atoms with Crippen LogP contribution in [0.2, 0.25) is 5.02 Å². The lowest BCUT2D eigenvalue weighted by atomic mass is 10.1. The lowest BCUT2D eigenvalue weighted by Crippen LogP contribution is -1.98. The number of fused-ring (bicyclic) bond motifs is 1. The highest BCUT2D eigenvalue weighted by atomic mass is 35.5. The summed E-state index contributed by atoms with van der Waals surface area (Å²) in [6.45, 7) is 3.89. The molecule has 0 amide bonds. The van der Waals surface area contributed by atoms with Gasteiger partial charge in [-0.1, -0.05) is 11.6 Å². The lowest BCUT2D eigenvalue weighted by Gasteiger charge is -2.00. The van der Waals surface area contributed by atoms with Gasteiger partial charge in [0.2, 0.25) is 0 Å². The van der Waals surface area contributed by atoms with Crippen LogP contribution in [0.1, 0.15) is 20.8 Å². The molecule has 0 atom stereocenters. The topological polar surface area (TPSA) is 50.2 Å². The number of hydrogen-bond acceptors (Lipinski definition) is 3. The molecule has 15 heavy (non-hydrogen) atoms. The summed E-state index contributed by atoms with van der Waals surface area (Å²) in [6.07, 6.45) is 1.31. The number of rotatable bonds is 1. The van der Waals surface area contributed by atoms with Gasteiger partial charge in [0.1, 0.15) is 4.83 Å². The van der Waals surface area contributed by atoms with Gasteiger partial charge in [-0.3, -0.25) is 0 Å². The van der Waals surface area contributed by atoms with Gasteiger partial charge >= 0.3 is 5.97 Å². The zero-order valence-electron chi connectivity index (χ0n) is 8.17. The fourth-order valence-electron chi connectivity index (χ4n) is 1.42. The SMILES string of the molecule is Cc1sc2ncc(C(=O)O)c(Cl)c2c1C. The van der Waals surface area contributed by atoms with Crippen LogP contribution in [-0.4, -0.2) is 16.1 Å². The van der Waals surface area contributed by atoms with E-state index >= 15 is 0 Å². The summed E-state index contributed by atoms with van der Waals surface area (Å²) in [5, 5.41) is 9.95. The summed E-state index contributed by atoms with van der Waals surface area (Å²) < 4.78 is 0. The third kappa shape index (κ3) is 1.50. The molecule has 0 aromatic carbocycles. The maximum Gasteiger partial charge on any atom is 0.338 e. The van der Waals surface area contributed by atoms with Crippen molar-refractivity contribution in [1.82, 2.24) is 4.98 Å². The molecule has 0 fully saturated rings. The summed E-state index contributed by atoms with van der Waals surface area (Å²) in [4.78, 5) is 16.9. The summed E-state index contributed by atoms with van der Waals surface area (Å²) in [6, 6.07) is 0. The van der Waals surface area contributed by atoms with E-state index in [2.05, 4.69) is 4.98 Å². The molecule has 0 saturated heterocycles. The second-order valence-electron chi connectivity index (χ2n) is 3.25. The van der Waals surface area contributed by atoms with Crippen LogP contribution in [-0.2, 0) is 0 Å². The normalized spacial score (nSPS) is 10.9. The number of thiophene rings is 1. The van der Waals surface area contributed by atoms with Crippen molar-refractivity contribution in [2.45, 2.75) is 13.8 Å². The summed E-state index contributed by atoms with van der Waals surface area (Å²) >= 11 is 7.57. The van der Waals surface area contributed by atoms with Crippen LogP contribution in [0.25, 0.3) is 10.2 Å². The number of carboxylic acids is 1. The Hall–Kier alpha value is -1.13. The molecule has 2 aromatic rings. The number of halogens is 1. The maximum atomic E-state index is 10.9. The molecule has 2 aromatic heterocycles. The zero-order valence-corrected chi connectivity index (χ0v) is 9.74. The minimum atomic E-state index is -1.04. The average molecular weight is 242 g/mol. The molecule has 0 aliphatic carbocycles. The van der Waals surface area contributed by atoms with Crippen LogP contribution < -0.4 is 0 Å². The minimum absolute atomic E-state index is 0.0602. The van der Waals surface area contributed by atoms with Crippen LogP contribution in [0.3, 0.4) is 0 Å². The second kappa shape index (κ2) is 3.47. The molecule has 0 radical (unpaired) electrons. The number of nitrogens with zero attached hydrogens (tertiary/aromatic N) is 1. The monoisotopic (exact) mass is 241 g/mol. The Labute approximate surface area is 95.3 Å². The van der Waals surface area contributed by atoms with Crippen molar-refractivity contribution in [2.75, 3.05) is 0 Å². The van der Waals surface area contributed by atoms with Gasteiger partial charge < -0.3 is 5.11 Å². The van der Waals surface area contributed by atoms with E-state index in [1.807, 2.05) is 13.8 Å². The molecular formula is C10H8ClNO2S. The third-order valence-electron chi connectivity index (χ3n) is 2.36. The van der Waals surface area contributed by atoms with Crippen molar-refractivity contribution in [3.8, 4) is 0 Å². The van der Waals surface area contributed by atoms with Gasteiger partial charge in [-0.15, -0.1) is 11.3 Å². The van der Waals surface area contributed by atoms with Crippen molar-refractivity contribution in [1.29, 1.82) is 0 Å². The highest BCUT2D eigenvalue weighted by Gasteiger charge is 2.16. The van der Waals surface area contributed by atoms with E-state index in [9.17, 15) is 4.79 Å². The largest absolute Gasteiger partial charge is 0.478 e. The van der Waals surface area contributed by atoms with Crippen molar-refractivity contribution < 1.29 is 9.90 Å². The molecule has 0 bridgehead atoms. The Balaban J connectivity index is 2.88. The van der Waals surface area contributed by atoms with E-state index in [1.54, 1.807) is 0 Å². The number of carboxylic acid groups (broad SMARTS) is 1. The molecular weight excluding hydrogens is 234 g/mol. The van der Waals surface area contributed by atoms with E-state index in [0.29, 0.717) is 0 Å². The first kappa shape index (κ1) is 10.4. The fraction of sp³-hybridized carbons (Fsp3) is 0.200. The lowest BCUT2D eigenvalue weighted by molar-refractivity contribution is 0.0697. The second-order valence-corrected chi connectivity index (χ2v) is 4.84. The molecule has 0 aliphatic heterocycles. The predicted octanol–water partition coefficient (Wildman–Crippen LogP) is 3.26. The number of aryl methyl sites for hydroxylation is 2. The molecule has 0 unspecified atom stereocenters. The number of hydrogen-bond donors (Lipinski definition) is 1. The van der Waals surface area contributed by atoms with Gasteiger partial charge in [0.15, 0.2) is 0 Å². The highest BCUT2D eigenvalue weighted by Crippen LogP contribution is 2.35. The Morgan fingerprint density at radius 2 is 2.20 bits per heavy atom. The predicted molar refractivity (Wildman–Crippen MR) is 61.1 cm³/mol. The quantitative estimate of drug-likeness (QED) is 0.834. The molecule has 0 spiro atoms. The molecule has 78 valence electrons. The summed E-state index contributed by atoms with van der Waals surface area (Å²) in [5.74, 6) is -1.04. The van der Waals surface area contributed by atoms with Crippen molar-refractivity contribution >= 4 is 39.1 Å². The highest BCUT2D eigenvalue weighted by molar-refractivity contribution is 7.18. The number of aromatic nitrogens is 1. The first-order valence-corrected chi connectivity index (χ1v) is 5.49. The van der Waals surface area contributed by atoms with Gasteiger partial charge in [-0.2, -0.15) is 0 Å². The first-order valence-electron chi connectivity index (χ1n) is 4.30. The Bertz CT molecular complexity index is 562. The van der Waals surface area contributed by atoms with Crippen LogP contribution in [0.4, 0.5) is 0 Å². The smallest absolute Gasteiger partial charge is 0.338 e. The average Bonchev–Trinajstić information content (AvgIpc) is 2.43. The molecule has 1 N–H and O–H groups in total. The molecule has 2 heterocycles. The summed E-state index contributed by atoms with van der Waals surface area (Å²) in [7, 11) is 0. The number of aromatic carboxylic acids is 1. The Morgan fingerprint density at radius 1 is 1.53 bits per heavy atom. The zero-order chi connectivity index (χ0) is 11.2. The molecule has 3 nitrogen and oxygen atoms in total. The molecule has 2 rings (SSSR count). The van der Waals surface area contributed by atoms with E-state index in [-0.39, 0.29) is 10.6 Å². The molecule has 0 saturated carbocycles. The van der Waals surface area contributed by atoms with Crippen molar-refractivity contribution in [3.05, 3.63) is 27.2 Å². The van der Waals surface area contributed by atoms with Gasteiger partial charge in [-0.05, 0) is 19.4 Å². The van der Waals surface area contributed by atoms with Gasteiger partial charge in [0.25, 0.3) is 0 Å². The van der Waals surface area contributed by atoms with Gasteiger partial charge in [0.05, 0.1) is 10.6 Å². The van der Waals surface area contributed by atoms with Gasteiger partial charge in [0, 0.05) is 16.5 Å². The molecule has 5 heteroatoms. The van der Waals surface area contributed by atoms with E-state index in [1.165, 1.54) is 17.5 Å². The Kier molecular flexibility index (Phi) is 2.40. The maximum absolute atomic E-state index is 10.9. The van der Waals surface area contributed by atoms with Gasteiger partial charge in [-0.25, -0.2) is 9.78 Å². The van der Waals surface area contributed by atoms with Crippen LogP contribution in [0.5, 0.6) is 0 Å². The van der Waals surface area contributed by atoms with Crippen molar-refractivity contribution in [3.63, 3.8) is 0 Å². The number of pyridine rings is 1. The third-order valence-corrected chi connectivity index (χ3v) is 3.87.